The average molecular weight is 549 g/mol. The van der Waals surface area contributed by atoms with Crippen LogP contribution in [0.2, 0.25) is 10.0 Å². The van der Waals surface area contributed by atoms with Gasteiger partial charge < -0.3 is 10.2 Å². The number of hydrogen-bond acceptors (Lipinski definition) is 2. The van der Waals surface area contributed by atoms with Crippen LogP contribution in [0.4, 0.5) is 4.39 Å². The van der Waals surface area contributed by atoms with Crippen molar-refractivity contribution < 1.29 is 14.0 Å². The monoisotopic (exact) mass is 548 g/mol. The highest BCUT2D eigenvalue weighted by molar-refractivity contribution is 6.35. The van der Waals surface area contributed by atoms with Gasteiger partial charge in [0.15, 0.2) is 0 Å². The van der Waals surface area contributed by atoms with Crippen molar-refractivity contribution in [3.63, 3.8) is 0 Å². The van der Waals surface area contributed by atoms with E-state index in [2.05, 4.69) is 5.32 Å². The second-order valence-corrected chi connectivity index (χ2v) is 9.81. The van der Waals surface area contributed by atoms with Crippen LogP contribution in [0.25, 0.3) is 0 Å². The lowest BCUT2D eigenvalue weighted by Gasteiger charge is -2.32. The molecule has 0 fully saturated rings. The van der Waals surface area contributed by atoms with Crippen molar-refractivity contribution in [2.75, 3.05) is 0 Å². The first kappa shape index (κ1) is 27.4. The van der Waals surface area contributed by atoms with Gasteiger partial charge in [-0.3, -0.25) is 9.59 Å². The lowest BCUT2D eigenvalue weighted by molar-refractivity contribution is -0.140. The molecule has 38 heavy (non-hydrogen) atoms. The normalized spacial score (nSPS) is 11.6. The summed E-state index contributed by atoms with van der Waals surface area (Å²) in [6, 6.07) is 29.2. The summed E-state index contributed by atoms with van der Waals surface area (Å²) in [6.45, 7) is 0.329. The van der Waals surface area contributed by atoms with Gasteiger partial charge >= 0.3 is 0 Å². The van der Waals surface area contributed by atoms with E-state index in [1.807, 2.05) is 60.7 Å². The SMILES string of the molecule is O=C(NCc1ccc(Cl)cc1Cl)[C@H](Cc1ccccc1)N(Cc1ccc(F)cc1)C(=O)Cc1ccccc1. The molecule has 0 radical (unpaired) electrons. The van der Waals surface area contributed by atoms with Crippen molar-refractivity contribution in [1.29, 1.82) is 0 Å². The highest BCUT2D eigenvalue weighted by atomic mass is 35.5. The Morgan fingerprint density at radius 2 is 1.42 bits per heavy atom. The van der Waals surface area contributed by atoms with Gasteiger partial charge in [0.25, 0.3) is 0 Å². The molecule has 4 rings (SSSR count). The van der Waals surface area contributed by atoms with Gasteiger partial charge in [0, 0.05) is 29.6 Å². The molecule has 0 spiro atoms. The van der Waals surface area contributed by atoms with Gasteiger partial charge in [0.05, 0.1) is 6.42 Å². The summed E-state index contributed by atoms with van der Waals surface area (Å²) in [5.41, 5.74) is 3.19. The van der Waals surface area contributed by atoms with Crippen LogP contribution in [0.1, 0.15) is 22.3 Å². The number of rotatable bonds is 10. The summed E-state index contributed by atoms with van der Waals surface area (Å²) < 4.78 is 13.6. The Morgan fingerprint density at radius 1 is 0.789 bits per heavy atom. The molecular weight excluding hydrogens is 522 g/mol. The molecule has 0 saturated carbocycles. The minimum atomic E-state index is -0.815. The van der Waals surface area contributed by atoms with Crippen molar-refractivity contribution >= 4 is 35.0 Å². The Hall–Kier alpha value is -3.67. The fourth-order valence-corrected chi connectivity index (χ4v) is 4.65. The number of halogens is 3. The van der Waals surface area contributed by atoms with Crippen LogP contribution in [0.15, 0.2) is 103 Å². The van der Waals surface area contributed by atoms with E-state index < -0.39 is 6.04 Å². The molecule has 4 aromatic rings. The van der Waals surface area contributed by atoms with E-state index in [0.717, 1.165) is 16.7 Å². The molecule has 0 unspecified atom stereocenters. The first-order chi connectivity index (χ1) is 18.4. The number of nitrogens with zero attached hydrogens (tertiary/aromatic N) is 1. The van der Waals surface area contributed by atoms with Crippen molar-refractivity contribution in [3.8, 4) is 0 Å². The first-order valence-electron chi connectivity index (χ1n) is 12.2. The largest absolute Gasteiger partial charge is 0.350 e. The van der Waals surface area contributed by atoms with Gasteiger partial charge in [-0.1, -0.05) is 102 Å². The summed E-state index contributed by atoms with van der Waals surface area (Å²) in [6.07, 6.45) is 0.437. The van der Waals surface area contributed by atoms with Gasteiger partial charge in [0.1, 0.15) is 11.9 Å². The van der Waals surface area contributed by atoms with Gasteiger partial charge in [-0.2, -0.15) is 0 Å². The lowest BCUT2D eigenvalue weighted by atomic mass is 10.0. The van der Waals surface area contributed by atoms with Crippen LogP contribution < -0.4 is 5.32 Å². The second-order valence-electron chi connectivity index (χ2n) is 8.97. The maximum Gasteiger partial charge on any atom is 0.243 e. The van der Waals surface area contributed by atoms with E-state index in [1.165, 1.54) is 12.1 Å². The molecule has 0 aliphatic carbocycles. The van der Waals surface area contributed by atoms with Crippen molar-refractivity contribution in [1.82, 2.24) is 10.2 Å². The van der Waals surface area contributed by atoms with Crippen molar-refractivity contribution in [3.05, 3.63) is 141 Å². The quantitative estimate of drug-likeness (QED) is 0.241. The minimum Gasteiger partial charge on any atom is -0.350 e. The maximum atomic E-state index is 13.7. The number of carbonyl (C=O) groups excluding carboxylic acids is 2. The predicted octanol–water partition coefficient (Wildman–Crippen LogP) is 6.63. The molecule has 0 aliphatic rings. The zero-order chi connectivity index (χ0) is 26.9. The van der Waals surface area contributed by atoms with Crippen LogP contribution in [0.5, 0.6) is 0 Å². The Labute approximate surface area is 232 Å². The van der Waals surface area contributed by atoms with E-state index in [9.17, 15) is 14.0 Å². The highest BCUT2D eigenvalue weighted by Crippen LogP contribution is 2.22. The molecule has 0 aliphatic heterocycles. The molecular formula is C31H27Cl2FN2O2. The molecule has 7 heteroatoms. The molecule has 0 aromatic heterocycles. The van der Waals surface area contributed by atoms with Crippen molar-refractivity contribution in [2.45, 2.75) is 32.0 Å². The summed E-state index contributed by atoms with van der Waals surface area (Å²) in [4.78, 5) is 29.0. The molecule has 0 heterocycles. The molecule has 0 saturated heterocycles. The van der Waals surface area contributed by atoms with E-state index in [1.54, 1.807) is 35.2 Å². The fourth-order valence-electron chi connectivity index (χ4n) is 4.18. The molecule has 0 bridgehead atoms. The maximum absolute atomic E-state index is 13.7. The third kappa shape index (κ3) is 7.67. The highest BCUT2D eigenvalue weighted by Gasteiger charge is 2.30. The zero-order valence-electron chi connectivity index (χ0n) is 20.6. The number of carbonyl (C=O) groups is 2. The van der Waals surface area contributed by atoms with Crippen LogP contribution in [-0.2, 0) is 35.5 Å². The smallest absolute Gasteiger partial charge is 0.243 e. The molecule has 1 atom stereocenters. The van der Waals surface area contributed by atoms with E-state index in [-0.39, 0.29) is 37.1 Å². The van der Waals surface area contributed by atoms with Crippen LogP contribution in [0, 0.1) is 5.82 Å². The topological polar surface area (TPSA) is 49.4 Å². The summed E-state index contributed by atoms with van der Waals surface area (Å²) in [5, 5.41) is 3.90. The average Bonchev–Trinajstić information content (AvgIpc) is 2.92. The molecule has 194 valence electrons. The number of hydrogen-bond donors (Lipinski definition) is 1. The van der Waals surface area contributed by atoms with Gasteiger partial charge in [-0.05, 0) is 46.5 Å². The van der Waals surface area contributed by atoms with Crippen LogP contribution in [0.3, 0.4) is 0 Å². The van der Waals surface area contributed by atoms with Crippen LogP contribution >= 0.6 is 23.2 Å². The van der Waals surface area contributed by atoms with Crippen LogP contribution in [-0.4, -0.2) is 22.8 Å². The Balaban J connectivity index is 1.64. The Morgan fingerprint density at radius 3 is 2.05 bits per heavy atom. The second kappa shape index (κ2) is 13.2. The summed E-state index contributed by atoms with van der Waals surface area (Å²) >= 11 is 12.3. The Kier molecular flexibility index (Phi) is 9.52. The standard InChI is InChI=1S/C31H27Cl2FN2O2/c32-26-14-13-25(28(33)19-26)20-35-31(38)29(17-22-7-3-1-4-8-22)36(21-24-11-15-27(34)16-12-24)30(37)18-23-9-5-2-6-10-23/h1-16,19,29H,17-18,20-21H2,(H,35,38)/t29-/m0/s1. The number of amides is 2. The van der Waals surface area contributed by atoms with Gasteiger partial charge in [-0.15, -0.1) is 0 Å². The first-order valence-corrected chi connectivity index (χ1v) is 13.0. The fraction of sp³-hybridized carbons (Fsp3) is 0.161. The third-order valence-corrected chi connectivity index (χ3v) is 6.79. The summed E-state index contributed by atoms with van der Waals surface area (Å²) in [7, 11) is 0. The third-order valence-electron chi connectivity index (χ3n) is 6.20. The van der Waals surface area contributed by atoms with E-state index in [4.69, 9.17) is 23.2 Å². The number of benzene rings is 4. The number of nitrogens with one attached hydrogen (secondary N) is 1. The van der Waals surface area contributed by atoms with Gasteiger partial charge in [0.2, 0.25) is 11.8 Å². The lowest BCUT2D eigenvalue weighted by Crippen LogP contribution is -2.50. The Bertz CT molecular complexity index is 1370. The zero-order valence-corrected chi connectivity index (χ0v) is 22.1. The molecule has 4 aromatic carbocycles. The van der Waals surface area contributed by atoms with Crippen molar-refractivity contribution in [2.24, 2.45) is 0 Å². The molecule has 1 N–H and O–H groups in total. The predicted molar refractivity (Wildman–Crippen MR) is 149 cm³/mol. The summed E-state index contributed by atoms with van der Waals surface area (Å²) in [5.74, 6) is -0.890. The molecule has 4 nitrogen and oxygen atoms in total. The minimum absolute atomic E-state index is 0.129. The molecule has 2 amide bonds. The van der Waals surface area contributed by atoms with E-state index in [0.29, 0.717) is 22.0 Å². The van der Waals surface area contributed by atoms with Gasteiger partial charge in [-0.25, -0.2) is 4.39 Å². The van der Waals surface area contributed by atoms with E-state index >= 15 is 0 Å².